The Balaban J connectivity index is 1.54. The van der Waals surface area contributed by atoms with Gasteiger partial charge < -0.3 is 15.4 Å². The Morgan fingerprint density at radius 2 is 2.04 bits per heavy atom. The molecule has 0 spiro atoms. The normalized spacial score (nSPS) is 10.7. The third kappa shape index (κ3) is 4.79. The van der Waals surface area contributed by atoms with Gasteiger partial charge in [0.2, 0.25) is 5.91 Å². The fourth-order valence-electron chi connectivity index (χ4n) is 2.53. The number of aromatic nitrogens is 4. The number of carbonyl (C=O) groups excluding carboxylic acids is 1. The molecule has 0 aliphatic carbocycles. The number of hydrogen-bond acceptors (Lipinski definition) is 5. The second kappa shape index (κ2) is 8.12. The summed E-state index contributed by atoms with van der Waals surface area (Å²) in [4.78, 5) is 22.3. The molecule has 3 rings (SSSR count). The summed E-state index contributed by atoms with van der Waals surface area (Å²) in [6.07, 6.45) is 3.40. The SMILES string of the molecule is Cc1ccccc1Cn1ccc(NC(=O)CCn2cc(Br)c([N+](=O)[O-])n2)n1. The van der Waals surface area contributed by atoms with Crippen LogP contribution < -0.4 is 5.32 Å². The van der Waals surface area contributed by atoms with Crippen molar-refractivity contribution in [1.29, 1.82) is 0 Å². The summed E-state index contributed by atoms with van der Waals surface area (Å²) in [5.41, 5.74) is 2.34. The van der Waals surface area contributed by atoms with E-state index < -0.39 is 4.92 Å². The highest BCUT2D eigenvalue weighted by Crippen LogP contribution is 2.22. The number of nitrogens with one attached hydrogen (secondary N) is 1. The zero-order chi connectivity index (χ0) is 19.4. The molecule has 27 heavy (non-hydrogen) atoms. The largest absolute Gasteiger partial charge is 0.404 e. The molecule has 0 unspecified atom stereocenters. The molecule has 1 amide bonds. The van der Waals surface area contributed by atoms with E-state index in [0.717, 1.165) is 5.56 Å². The number of carbonyl (C=O) groups is 1. The second-order valence-electron chi connectivity index (χ2n) is 5.94. The predicted octanol–water partition coefficient (Wildman–Crippen LogP) is 3.14. The summed E-state index contributed by atoms with van der Waals surface area (Å²) in [6, 6.07) is 9.77. The molecule has 0 bridgehead atoms. The van der Waals surface area contributed by atoms with E-state index in [9.17, 15) is 14.9 Å². The Hall–Kier alpha value is -3.01. The number of nitro groups is 1. The first-order valence-corrected chi connectivity index (χ1v) is 8.97. The van der Waals surface area contributed by atoms with Crippen molar-refractivity contribution >= 4 is 33.5 Å². The highest BCUT2D eigenvalue weighted by Gasteiger charge is 2.19. The Bertz CT molecular complexity index is 981. The first-order chi connectivity index (χ1) is 12.9. The molecule has 9 nitrogen and oxygen atoms in total. The first-order valence-electron chi connectivity index (χ1n) is 8.17. The average Bonchev–Trinajstić information content (AvgIpc) is 3.21. The minimum atomic E-state index is -0.582. The van der Waals surface area contributed by atoms with Gasteiger partial charge in [-0.2, -0.15) is 9.78 Å². The second-order valence-corrected chi connectivity index (χ2v) is 6.80. The number of aryl methyl sites for hydroxylation is 2. The van der Waals surface area contributed by atoms with Crippen LogP contribution in [0.15, 0.2) is 47.2 Å². The van der Waals surface area contributed by atoms with E-state index in [1.165, 1.54) is 16.4 Å². The molecule has 1 aromatic carbocycles. The molecule has 0 radical (unpaired) electrons. The molecule has 0 atom stereocenters. The third-order valence-electron chi connectivity index (χ3n) is 3.94. The smallest absolute Gasteiger partial charge is 0.358 e. The quantitative estimate of drug-likeness (QED) is 0.455. The molecule has 0 saturated heterocycles. The maximum absolute atomic E-state index is 12.1. The molecule has 10 heteroatoms. The molecular formula is C17H17BrN6O3. The van der Waals surface area contributed by atoms with E-state index in [4.69, 9.17) is 0 Å². The lowest BCUT2D eigenvalue weighted by atomic mass is 10.1. The van der Waals surface area contributed by atoms with E-state index in [1.54, 1.807) is 16.9 Å². The number of benzene rings is 1. The monoisotopic (exact) mass is 432 g/mol. The molecule has 0 aliphatic rings. The summed E-state index contributed by atoms with van der Waals surface area (Å²) in [7, 11) is 0. The number of anilines is 1. The van der Waals surface area contributed by atoms with E-state index in [2.05, 4.69) is 31.4 Å². The Morgan fingerprint density at radius 3 is 2.74 bits per heavy atom. The highest BCUT2D eigenvalue weighted by atomic mass is 79.9. The molecule has 2 heterocycles. The van der Waals surface area contributed by atoms with Gasteiger partial charge in [-0.25, -0.2) is 0 Å². The fourth-order valence-corrected chi connectivity index (χ4v) is 2.99. The highest BCUT2D eigenvalue weighted by molar-refractivity contribution is 9.10. The van der Waals surface area contributed by atoms with Crippen molar-refractivity contribution in [2.24, 2.45) is 0 Å². The minimum Gasteiger partial charge on any atom is -0.358 e. The molecular weight excluding hydrogens is 416 g/mol. The van der Waals surface area contributed by atoms with Crippen LogP contribution in [0.1, 0.15) is 17.5 Å². The molecule has 2 aromatic heterocycles. The van der Waals surface area contributed by atoms with Gasteiger partial charge in [0.25, 0.3) is 0 Å². The van der Waals surface area contributed by atoms with Crippen molar-refractivity contribution in [2.75, 3.05) is 5.32 Å². The lowest BCUT2D eigenvalue weighted by Gasteiger charge is -2.05. The van der Waals surface area contributed by atoms with Gasteiger partial charge in [0, 0.05) is 18.7 Å². The fraction of sp³-hybridized carbons (Fsp3) is 0.235. The van der Waals surface area contributed by atoms with Crippen LogP contribution in [0, 0.1) is 17.0 Å². The maximum atomic E-state index is 12.1. The van der Waals surface area contributed by atoms with Crippen LogP contribution in [-0.2, 0) is 17.9 Å². The van der Waals surface area contributed by atoms with Crippen LogP contribution in [0.2, 0.25) is 0 Å². The van der Waals surface area contributed by atoms with Gasteiger partial charge in [0.05, 0.1) is 24.4 Å². The lowest BCUT2D eigenvalue weighted by Crippen LogP contribution is -2.15. The zero-order valence-corrected chi connectivity index (χ0v) is 16.1. The number of amides is 1. The number of rotatable bonds is 7. The molecule has 140 valence electrons. The van der Waals surface area contributed by atoms with Crippen LogP contribution in [0.5, 0.6) is 0 Å². The van der Waals surface area contributed by atoms with E-state index in [0.29, 0.717) is 12.4 Å². The van der Waals surface area contributed by atoms with Crippen molar-refractivity contribution in [2.45, 2.75) is 26.4 Å². The summed E-state index contributed by atoms with van der Waals surface area (Å²) in [6.45, 7) is 2.88. The van der Waals surface area contributed by atoms with Crippen molar-refractivity contribution in [3.05, 3.63) is 68.4 Å². The Labute approximate surface area is 163 Å². The summed E-state index contributed by atoms with van der Waals surface area (Å²) in [5, 5.41) is 21.7. The van der Waals surface area contributed by atoms with Gasteiger partial charge in [0.1, 0.15) is 4.47 Å². The minimum absolute atomic E-state index is 0.121. The van der Waals surface area contributed by atoms with Gasteiger partial charge in [-0.15, -0.1) is 0 Å². The van der Waals surface area contributed by atoms with Gasteiger partial charge in [-0.3, -0.25) is 9.48 Å². The van der Waals surface area contributed by atoms with Crippen LogP contribution in [0.4, 0.5) is 11.6 Å². The summed E-state index contributed by atoms with van der Waals surface area (Å²) >= 11 is 3.08. The van der Waals surface area contributed by atoms with Gasteiger partial charge >= 0.3 is 5.82 Å². The number of halogens is 1. The van der Waals surface area contributed by atoms with E-state index >= 15 is 0 Å². The van der Waals surface area contributed by atoms with E-state index in [-0.39, 0.29) is 29.2 Å². The van der Waals surface area contributed by atoms with Crippen LogP contribution in [-0.4, -0.2) is 30.4 Å². The van der Waals surface area contributed by atoms with Gasteiger partial charge in [0.15, 0.2) is 5.82 Å². The Morgan fingerprint density at radius 1 is 1.26 bits per heavy atom. The van der Waals surface area contributed by atoms with E-state index in [1.807, 2.05) is 31.2 Å². The average molecular weight is 433 g/mol. The lowest BCUT2D eigenvalue weighted by molar-refractivity contribution is -0.390. The first kappa shape index (κ1) is 18.8. The van der Waals surface area contributed by atoms with Gasteiger partial charge in [-0.05, 0) is 38.9 Å². The van der Waals surface area contributed by atoms with Crippen molar-refractivity contribution in [3.8, 4) is 0 Å². The summed E-state index contributed by atoms with van der Waals surface area (Å²) in [5.74, 6) is -0.0583. The zero-order valence-electron chi connectivity index (χ0n) is 14.5. The van der Waals surface area contributed by atoms with Crippen molar-refractivity contribution < 1.29 is 9.72 Å². The molecule has 0 aliphatic heterocycles. The maximum Gasteiger partial charge on any atom is 0.404 e. The topological polar surface area (TPSA) is 108 Å². The van der Waals surface area contributed by atoms with Crippen LogP contribution >= 0.6 is 15.9 Å². The van der Waals surface area contributed by atoms with Crippen molar-refractivity contribution in [3.63, 3.8) is 0 Å². The van der Waals surface area contributed by atoms with Crippen LogP contribution in [0.25, 0.3) is 0 Å². The molecule has 0 saturated carbocycles. The number of nitrogens with zero attached hydrogens (tertiary/aromatic N) is 5. The standard InChI is InChI=1S/C17H17BrN6O3/c1-12-4-2-3-5-13(12)10-22-8-6-15(20-22)19-16(25)7-9-23-11-14(18)17(21-23)24(26)27/h2-6,8,11H,7,9-10H2,1H3,(H,19,20,25). The molecule has 1 N–H and O–H groups in total. The summed E-state index contributed by atoms with van der Waals surface area (Å²) < 4.78 is 3.40. The molecule has 3 aromatic rings. The number of hydrogen-bond donors (Lipinski definition) is 1. The van der Waals surface area contributed by atoms with Crippen molar-refractivity contribution in [1.82, 2.24) is 19.6 Å². The third-order valence-corrected chi connectivity index (χ3v) is 4.50. The Kier molecular flexibility index (Phi) is 5.65. The molecule has 0 fully saturated rings. The van der Waals surface area contributed by atoms with Crippen LogP contribution in [0.3, 0.4) is 0 Å². The van der Waals surface area contributed by atoms with Gasteiger partial charge in [-0.1, -0.05) is 24.3 Å². The predicted molar refractivity (Wildman–Crippen MR) is 102 cm³/mol.